The number of nitrogens with zero attached hydrogens (tertiary/aromatic N) is 8. The van der Waals surface area contributed by atoms with Crippen LogP contribution in [0.5, 0.6) is 0 Å². The van der Waals surface area contributed by atoms with Crippen LogP contribution >= 0.6 is 11.6 Å². The average Bonchev–Trinajstić information content (AvgIpc) is 1.56. The van der Waals surface area contributed by atoms with E-state index in [1.165, 1.54) is 54.4 Å². The molecule has 0 radical (unpaired) electrons. The Balaban J connectivity index is 0.000000120. The molecule has 10 nitrogen and oxygen atoms in total. The van der Waals surface area contributed by atoms with E-state index in [0.29, 0.717) is 0 Å². The van der Waals surface area contributed by atoms with E-state index in [1.54, 1.807) is 0 Å². The summed E-state index contributed by atoms with van der Waals surface area (Å²) < 4.78 is 22.2. The molecule has 98 heavy (non-hydrogen) atoms. The average molecular weight is 1290 g/mol. The Morgan fingerprint density at radius 3 is 1.22 bits per heavy atom. The number of aromatic nitrogens is 8. The lowest BCUT2D eigenvalue weighted by Crippen LogP contribution is -2.41. The first-order chi connectivity index (χ1) is 48.0. The molecule has 0 amide bonds. The number of para-hydroxylation sites is 6. The fraction of sp³-hybridized carbons (Fsp3) is 0.0698. The summed E-state index contributed by atoms with van der Waals surface area (Å²) in [6.07, 6.45) is 4.34. The third-order valence-corrected chi connectivity index (χ3v) is 19.5. The van der Waals surface area contributed by atoms with Crippen LogP contribution in [-0.2, 0) is 9.31 Å². The predicted octanol–water partition coefficient (Wildman–Crippen LogP) is 21.0. The van der Waals surface area contributed by atoms with Gasteiger partial charge in [0.2, 0.25) is 5.28 Å². The van der Waals surface area contributed by atoms with Gasteiger partial charge in [0.25, 0.3) is 0 Å². The molecular formula is C86H64BClN8O2. The molecule has 0 N–H and O–H groups in total. The van der Waals surface area contributed by atoms with Crippen molar-refractivity contribution < 1.29 is 9.31 Å². The fourth-order valence-corrected chi connectivity index (χ4v) is 14.1. The van der Waals surface area contributed by atoms with E-state index in [2.05, 4.69) is 299 Å². The minimum Gasteiger partial charge on any atom is -0.399 e. The quantitative estimate of drug-likeness (QED) is 0.111. The van der Waals surface area contributed by atoms with Gasteiger partial charge in [-0.2, -0.15) is 0 Å². The van der Waals surface area contributed by atoms with Crippen LogP contribution in [0.25, 0.3) is 144 Å². The van der Waals surface area contributed by atoms with E-state index < -0.39 is 7.12 Å². The van der Waals surface area contributed by atoms with Gasteiger partial charge in [0.05, 0.1) is 66.7 Å². The van der Waals surface area contributed by atoms with E-state index in [9.17, 15) is 0 Å². The Morgan fingerprint density at radius 2 is 0.735 bits per heavy atom. The molecule has 19 rings (SSSR count). The molecule has 18 aromatic rings. The number of rotatable bonds is 8. The van der Waals surface area contributed by atoms with E-state index in [1.807, 2.05) is 72.8 Å². The van der Waals surface area contributed by atoms with E-state index >= 15 is 0 Å². The second kappa shape index (κ2) is 24.5. The summed E-state index contributed by atoms with van der Waals surface area (Å²) in [6.45, 7) is 8.39. The normalized spacial score (nSPS) is 13.4. The van der Waals surface area contributed by atoms with Crippen molar-refractivity contribution in [2.75, 3.05) is 0 Å². The van der Waals surface area contributed by atoms with Crippen LogP contribution in [0.3, 0.4) is 0 Å². The van der Waals surface area contributed by atoms with Crippen molar-refractivity contribution in [3.8, 4) is 56.7 Å². The number of benzene rings is 12. The molecule has 7 heterocycles. The Morgan fingerprint density at radius 1 is 0.327 bits per heavy atom. The lowest BCUT2D eigenvalue weighted by Gasteiger charge is -2.32. The standard InChI is InChI=1S/C40H26N4.C32H29BN2O2.C14H9ClN2/c1-4-12-27(13-5-1)37-33-18-10-11-19-35(33)41-40(42-37)29-21-23-36-34(26-29)32-22-20-28-24-25-43(30-14-6-2-7-15-30)38(28)39(32)44(36)31-16-8-3-9-17-31;1-31(2)32(3,4)37-33(36-31)23-16-18-28-27(21-23)26-17-15-22-19-20-34(24-11-7-5-8-12-24)29(22)30(26)35(28)25-13-9-6-10-14-25;15-14-16-12-9-5-4-8-11(12)13(17-14)10-6-2-1-3-7-10/h1-26H;5-21H,1-4H3;1-9H. The molecule has 0 unspecified atom stereocenters. The lowest BCUT2D eigenvalue weighted by atomic mass is 9.78. The molecular weight excluding hydrogens is 1220 g/mol. The van der Waals surface area contributed by atoms with Gasteiger partial charge in [0, 0.05) is 94.9 Å². The van der Waals surface area contributed by atoms with Gasteiger partial charge in [-0.1, -0.05) is 206 Å². The van der Waals surface area contributed by atoms with Crippen molar-refractivity contribution in [3.05, 3.63) is 321 Å². The molecule has 470 valence electrons. The van der Waals surface area contributed by atoms with Gasteiger partial charge in [-0.25, -0.2) is 19.9 Å². The molecule has 1 fully saturated rings. The van der Waals surface area contributed by atoms with Crippen LogP contribution in [0.15, 0.2) is 316 Å². The first kappa shape index (κ1) is 60.0. The fourth-order valence-electron chi connectivity index (χ4n) is 13.9. The zero-order chi connectivity index (χ0) is 66.1. The molecule has 0 bridgehead atoms. The SMILES string of the molecule is CC1(C)OB(c2ccc3c(c2)c2ccc4ccn(-c5ccccc5)c4c2n3-c2ccccc2)OC1(C)C.Clc1nc(-c2ccccc2)c2ccccc2n1.c1ccc(-c2nc(-c3ccc4c(c3)c3ccc5ccn(-c6ccccc6)c5c3n4-c3ccccc3)nc3ccccc23)cc1. The minimum absolute atomic E-state index is 0.280. The lowest BCUT2D eigenvalue weighted by molar-refractivity contribution is 0.00578. The molecule has 0 saturated carbocycles. The summed E-state index contributed by atoms with van der Waals surface area (Å²) in [7, 11) is -0.401. The first-order valence-electron chi connectivity index (χ1n) is 33.1. The summed E-state index contributed by atoms with van der Waals surface area (Å²) in [5.74, 6) is 0.721. The van der Waals surface area contributed by atoms with Crippen LogP contribution in [0, 0.1) is 0 Å². The van der Waals surface area contributed by atoms with Crippen LogP contribution in [0.2, 0.25) is 5.28 Å². The summed E-state index contributed by atoms with van der Waals surface area (Å²) in [5, 5.41) is 9.52. The molecule has 1 aliphatic heterocycles. The highest BCUT2D eigenvalue weighted by Crippen LogP contribution is 2.43. The number of halogens is 1. The van der Waals surface area contributed by atoms with Gasteiger partial charge < -0.3 is 27.6 Å². The summed E-state index contributed by atoms with van der Waals surface area (Å²) in [6, 6.07) is 106. The minimum atomic E-state index is -0.401. The van der Waals surface area contributed by atoms with Crippen LogP contribution in [-0.4, -0.2) is 56.5 Å². The van der Waals surface area contributed by atoms with Gasteiger partial charge in [0.15, 0.2) is 5.82 Å². The van der Waals surface area contributed by atoms with Crippen molar-refractivity contribution in [2.24, 2.45) is 0 Å². The zero-order valence-corrected chi connectivity index (χ0v) is 55.1. The molecule has 0 spiro atoms. The maximum atomic E-state index is 6.40. The second-order valence-corrected chi connectivity index (χ2v) is 26.1. The zero-order valence-electron chi connectivity index (χ0n) is 54.4. The Labute approximate surface area is 572 Å². The van der Waals surface area contributed by atoms with Gasteiger partial charge in [-0.05, 0) is 142 Å². The summed E-state index contributed by atoms with van der Waals surface area (Å²) in [4.78, 5) is 18.8. The maximum absolute atomic E-state index is 6.40. The van der Waals surface area contributed by atoms with Gasteiger partial charge in [0.1, 0.15) is 0 Å². The van der Waals surface area contributed by atoms with Crippen molar-refractivity contribution in [3.63, 3.8) is 0 Å². The third-order valence-electron chi connectivity index (χ3n) is 19.3. The van der Waals surface area contributed by atoms with E-state index in [-0.39, 0.29) is 16.5 Å². The van der Waals surface area contributed by atoms with E-state index in [0.717, 1.165) is 95.0 Å². The molecule has 12 heteroatoms. The second-order valence-electron chi connectivity index (χ2n) is 25.8. The smallest absolute Gasteiger partial charge is 0.399 e. The number of hydrogen-bond donors (Lipinski definition) is 0. The largest absolute Gasteiger partial charge is 0.494 e. The topological polar surface area (TPSA) is 89.7 Å². The maximum Gasteiger partial charge on any atom is 0.494 e. The van der Waals surface area contributed by atoms with Crippen LogP contribution < -0.4 is 5.46 Å². The Bertz CT molecular complexity index is 6000. The molecule has 1 aliphatic rings. The first-order valence-corrected chi connectivity index (χ1v) is 33.4. The monoisotopic (exact) mass is 1290 g/mol. The number of fused-ring (bicyclic) bond motifs is 12. The Kier molecular flexibility index (Phi) is 15.0. The molecule has 12 aromatic carbocycles. The molecule has 0 aliphatic carbocycles. The highest BCUT2D eigenvalue weighted by atomic mass is 35.5. The third kappa shape index (κ3) is 10.6. The van der Waals surface area contributed by atoms with Crippen molar-refractivity contribution in [1.82, 2.24) is 38.2 Å². The Hall–Kier alpha value is -11.7. The molecule has 0 atom stereocenters. The highest BCUT2D eigenvalue weighted by molar-refractivity contribution is 6.62. The van der Waals surface area contributed by atoms with Crippen LogP contribution in [0.4, 0.5) is 0 Å². The van der Waals surface area contributed by atoms with Gasteiger partial charge in [-0.3, -0.25) is 0 Å². The number of hydrogen-bond acceptors (Lipinski definition) is 6. The summed E-state index contributed by atoms with van der Waals surface area (Å²) in [5.41, 5.74) is 18.6. The van der Waals surface area contributed by atoms with E-state index in [4.69, 9.17) is 30.9 Å². The predicted molar refractivity (Wildman–Crippen MR) is 405 cm³/mol. The van der Waals surface area contributed by atoms with Gasteiger partial charge >= 0.3 is 7.12 Å². The molecule has 1 saturated heterocycles. The van der Waals surface area contributed by atoms with Crippen molar-refractivity contribution in [2.45, 2.75) is 38.9 Å². The van der Waals surface area contributed by atoms with Gasteiger partial charge in [-0.15, -0.1) is 0 Å². The highest BCUT2D eigenvalue weighted by Gasteiger charge is 2.52. The molecule has 6 aromatic heterocycles. The summed E-state index contributed by atoms with van der Waals surface area (Å²) >= 11 is 5.95. The van der Waals surface area contributed by atoms with Crippen LogP contribution in [0.1, 0.15) is 27.7 Å². The van der Waals surface area contributed by atoms with Crippen molar-refractivity contribution >= 4 is 111 Å². The van der Waals surface area contributed by atoms with Crippen molar-refractivity contribution in [1.29, 1.82) is 0 Å².